The molecule has 0 atom stereocenters. The van der Waals surface area contributed by atoms with Gasteiger partial charge in [-0.05, 0) is 31.0 Å². The lowest BCUT2D eigenvalue weighted by Gasteiger charge is -2.22. The van der Waals surface area contributed by atoms with E-state index in [-0.39, 0.29) is 17.7 Å². The summed E-state index contributed by atoms with van der Waals surface area (Å²) < 4.78 is 39.3. The van der Waals surface area contributed by atoms with Gasteiger partial charge in [0, 0.05) is 6.04 Å². The molecule has 2 aromatic rings. The third kappa shape index (κ3) is 4.42. The average Bonchev–Trinajstić information content (AvgIpc) is 2.95. The van der Waals surface area contributed by atoms with Crippen molar-refractivity contribution in [1.29, 1.82) is 0 Å². The van der Waals surface area contributed by atoms with Gasteiger partial charge in [-0.2, -0.15) is 13.2 Å². The summed E-state index contributed by atoms with van der Waals surface area (Å²) in [5, 5.41) is 3.02. The number of carbonyl (C=O) groups is 1. The highest BCUT2D eigenvalue weighted by Crippen LogP contribution is 2.35. The number of amides is 1. The zero-order chi connectivity index (χ0) is 17.2. The first-order valence-corrected chi connectivity index (χ1v) is 9.62. The first kappa shape index (κ1) is 17.5. The van der Waals surface area contributed by atoms with E-state index in [2.05, 4.69) is 10.3 Å². The standard InChI is InChI=1S/C16H17F3N2OS2/c17-16(18,19)10-6-7-12-13(8-10)24-15(21-12)23-9-14(22)20-11-4-2-1-3-5-11/h6-8,11H,1-5,9H2,(H,20,22). The molecule has 1 aliphatic rings. The molecule has 24 heavy (non-hydrogen) atoms. The zero-order valence-corrected chi connectivity index (χ0v) is 14.5. The van der Waals surface area contributed by atoms with Gasteiger partial charge in [-0.1, -0.05) is 31.0 Å². The number of carbonyl (C=O) groups excluding carboxylic acids is 1. The van der Waals surface area contributed by atoms with Gasteiger partial charge in [0.05, 0.1) is 21.5 Å². The average molecular weight is 374 g/mol. The molecule has 0 unspecified atom stereocenters. The van der Waals surface area contributed by atoms with Crippen molar-refractivity contribution < 1.29 is 18.0 Å². The highest BCUT2D eigenvalue weighted by atomic mass is 32.2. The molecule has 1 aliphatic carbocycles. The van der Waals surface area contributed by atoms with Gasteiger partial charge in [-0.25, -0.2) is 4.98 Å². The number of halogens is 3. The highest BCUT2D eigenvalue weighted by molar-refractivity contribution is 8.01. The van der Waals surface area contributed by atoms with Gasteiger partial charge in [0.25, 0.3) is 0 Å². The number of fused-ring (bicyclic) bond motifs is 1. The normalized spacial score (nSPS) is 16.5. The third-order valence-electron chi connectivity index (χ3n) is 3.99. The van der Waals surface area contributed by atoms with E-state index in [1.165, 1.54) is 35.6 Å². The number of nitrogens with one attached hydrogen (secondary N) is 1. The molecule has 130 valence electrons. The third-order valence-corrected chi connectivity index (χ3v) is 6.15. The van der Waals surface area contributed by atoms with Crippen LogP contribution in [0.5, 0.6) is 0 Å². The van der Waals surface area contributed by atoms with Crippen LogP contribution < -0.4 is 5.32 Å². The molecule has 0 spiro atoms. The lowest BCUT2D eigenvalue weighted by molar-refractivity contribution is -0.137. The molecule has 0 saturated heterocycles. The molecule has 3 nitrogen and oxygen atoms in total. The van der Waals surface area contributed by atoms with E-state index < -0.39 is 11.7 Å². The molecule has 1 saturated carbocycles. The smallest absolute Gasteiger partial charge is 0.353 e. The summed E-state index contributed by atoms with van der Waals surface area (Å²) in [6, 6.07) is 3.78. The van der Waals surface area contributed by atoms with Crippen molar-refractivity contribution in [3.05, 3.63) is 23.8 Å². The van der Waals surface area contributed by atoms with Gasteiger partial charge >= 0.3 is 6.18 Å². The molecule has 0 aliphatic heterocycles. The molecule has 3 rings (SSSR count). The quantitative estimate of drug-likeness (QED) is 0.778. The van der Waals surface area contributed by atoms with Crippen molar-refractivity contribution in [2.75, 3.05) is 5.75 Å². The molecule has 1 N–H and O–H groups in total. The topological polar surface area (TPSA) is 42.0 Å². The number of thioether (sulfide) groups is 1. The summed E-state index contributed by atoms with van der Waals surface area (Å²) in [6.45, 7) is 0. The van der Waals surface area contributed by atoms with Crippen LogP contribution in [0.3, 0.4) is 0 Å². The first-order valence-electron chi connectivity index (χ1n) is 7.82. The van der Waals surface area contributed by atoms with Crippen molar-refractivity contribution in [3.8, 4) is 0 Å². The predicted molar refractivity (Wildman–Crippen MR) is 90.4 cm³/mol. The van der Waals surface area contributed by atoms with Crippen molar-refractivity contribution in [2.45, 2.75) is 48.7 Å². The van der Waals surface area contributed by atoms with Crippen LogP contribution in [0.15, 0.2) is 22.5 Å². The summed E-state index contributed by atoms with van der Waals surface area (Å²) in [6.07, 6.45) is 1.22. The number of benzene rings is 1. The Balaban J connectivity index is 1.59. The van der Waals surface area contributed by atoms with Crippen molar-refractivity contribution in [2.24, 2.45) is 0 Å². The Bertz CT molecular complexity index is 724. The van der Waals surface area contributed by atoms with Crippen LogP contribution in [0.2, 0.25) is 0 Å². The molecular weight excluding hydrogens is 357 g/mol. The van der Waals surface area contributed by atoms with Crippen LogP contribution in [0.4, 0.5) is 13.2 Å². The fourth-order valence-electron chi connectivity index (χ4n) is 2.79. The minimum atomic E-state index is -4.36. The Labute approximate surface area is 146 Å². The maximum absolute atomic E-state index is 12.7. The van der Waals surface area contributed by atoms with Gasteiger partial charge in [0.2, 0.25) is 5.91 Å². The second-order valence-electron chi connectivity index (χ2n) is 5.85. The number of rotatable bonds is 4. The van der Waals surface area contributed by atoms with E-state index in [1.807, 2.05) is 0 Å². The Kier molecular flexibility index (Phi) is 5.34. The zero-order valence-electron chi connectivity index (χ0n) is 12.9. The monoisotopic (exact) mass is 374 g/mol. The summed E-state index contributed by atoms with van der Waals surface area (Å²) in [4.78, 5) is 16.3. The number of alkyl halides is 3. The predicted octanol–water partition coefficient (Wildman–Crippen LogP) is 4.86. The summed E-state index contributed by atoms with van der Waals surface area (Å²) in [7, 11) is 0. The van der Waals surface area contributed by atoms with Gasteiger partial charge in [-0.3, -0.25) is 4.79 Å². The molecule has 1 heterocycles. The summed E-state index contributed by atoms with van der Waals surface area (Å²) >= 11 is 2.46. The van der Waals surface area contributed by atoms with Gasteiger partial charge < -0.3 is 5.32 Å². The van der Waals surface area contributed by atoms with Crippen LogP contribution in [0.1, 0.15) is 37.7 Å². The van der Waals surface area contributed by atoms with Gasteiger partial charge in [-0.15, -0.1) is 11.3 Å². The second-order valence-corrected chi connectivity index (χ2v) is 8.10. The number of aromatic nitrogens is 1. The van der Waals surface area contributed by atoms with E-state index >= 15 is 0 Å². The lowest BCUT2D eigenvalue weighted by Crippen LogP contribution is -2.37. The molecule has 8 heteroatoms. The van der Waals surface area contributed by atoms with Crippen molar-refractivity contribution in [1.82, 2.24) is 10.3 Å². The SMILES string of the molecule is O=C(CSc1nc2ccc(C(F)(F)F)cc2s1)NC1CCCCC1. The molecule has 1 amide bonds. The van der Waals surface area contributed by atoms with Gasteiger partial charge in [0.1, 0.15) is 0 Å². The number of thiazole rings is 1. The summed E-state index contributed by atoms with van der Waals surface area (Å²) in [5.74, 6) is 0.199. The van der Waals surface area contributed by atoms with Crippen LogP contribution in [-0.2, 0) is 11.0 Å². The van der Waals surface area contributed by atoms with Crippen molar-refractivity contribution >= 4 is 39.2 Å². The molecule has 1 aromatic carbocycles. The lowest BCUT2D eigenvalue weighted by atomic mass is 9.95. The van der Waals surface area contributed by atoms with Crippen LogP contribution >= 0.6 is 23.1 Å². The molecular formula is C16H17F3N2OS2. The van der Waals surface area contributed by atoms with E-state index in [0.717, 1.165) is 37.8 Å². The van der Waals surface area contributed by atoms with E-state index in [1.54, 1.807) is 0 Å². The number of nitrogens with zero attached hydrogens (tertiary/aromatic N) is 1. The van der Waals surface area contributed by atoms with E-state index in [9.17, 15) is 18.0 Å². The van der Waals surface area contributed by atoms with Crippen LogP contribution in [0.25, 0.3) is 10.2 Å². The molecule has 1 aromatic heterocycles. The van der Waals surface area contributed by atoms with E-state index in [0.29, 0.717) is 14.6 Å². The highest BCUT2D eigenvalue weighted by Gasteiger charge is 2.30. The molecule has 0 radical (unpaired) electrons. The van der Waals surface area contributed by atoms with Crippen LogP contribution in [-0.4, -0.2) is 22.7 Å². The Morgan fingerprint density at radius 1 is 1.29 bits per heavy atom. The number of hydrogen-bond donors (Lipinski definition) is 1. The number of hydrogen-bond acceptors (Lipinski definition) is 4. The first-order chi connectivity index (χ1) is 11.4. The van der Waals surface area contributed by atoms with Crippen molar-refractivity contribution in [3.63, 3.8) is 0 Å². The van der Waals surface area contributed by atoms with E-state index in [4.69, 9.17) is 0 Å². The Hall–Kier alpha value is -1.28. The Morgan fingerprint density at radius 2 is 2.04 bits per heavy atom. The molecule has 1 fully saturated rings. The van der Waals surface area contributed by atoms with Gasteiger partial charge in [0.15, 0.2) is 4.34 Å². The Morgan fingerprint density at radius 3 is 2.75 bits per heavy atom. The minimum Gasteiger partial charge on any atom is -0.353 e. The molecule has 0 bridgehead atoms. The second kappa shape index (κ2) is 7.31. The maximum Gasteiger partial charge on any atom is 0.416 e. The fourth-order valence-corrected chi connectivity index (χ4v) is 4.70. The largest absolute Gasteiger partial charge is 0.416 e. The fraction of sp³-hybridized carbons (Fsp3) is 0.500. The minimum absolute atomic E-state index is 0.0397. The maximum atomic E-state index is 12.7. The summed E-state index contributed by atoms with van der Waals surface area (Å²) in [5.41, 5.74) is -0.145. The van der Waals surface area contributed by atoms with Crippen LogP contribution in [0, 0.1) is 0 Å².